The van der Waals surface area contributed by atoms with Crippen LogP contribution in [0.25, 0.3) is 0 Å². The molecule has 0 fully saturated rings. The van der Waals surface area contributed by atoms with Gasteiger partial charge >= 0.3 is 0 Å². The van der Waals surface area contributed by atoms with E-state index in [1.807, 2.05) is 6.20 Å². The average Bonchev–Trinajstić information content (AvgIpc) is 2.49. The maximum Gasteiger partial charge on any atom is 0.0547 e. The molecule has 0 amide bonds. The molecule has 3 nitrogen and oxygen atoms in total. The Labute approximate surface area is 140 Å². The van der Waals surface area contributed by atoms with Gasteiger partial charge in [-0.3, -0.25) is 14.9 Å². The summed E-state index contributed by atoms with van der Waals surface area (Å²) >= 11 is 0. The van der Waals surface area contributed by atoms with Crippen LogP contribution in [0.1, 0.15) is 67.7 Å². The molecule has 0 saturated carbocycles. The van der Waals surface area contributed by atoms with Crippen molar-refractivity contribution in [3.8, 4) is 0 Å². The summed E-state index contributed by atoms with van der Waals surface area (Å²) in [4.78, 5) is 11.6. The van der Waals surface area contributed by atoms with Crippen molar-refractivity contribution in [2.24, 2.45) is 0 Å². The second-order valence-electron chi connectivity index (χ2n) is 7.08. The highest BCUT2D eigenvalue weighted by Gasteiger charge is 2.09. The van der Waals surface area contributed by atoms with E-state index in [9.17, 15) is 0 Å². The molecule has 0 N–H and O–H groups in total. The second kappa shape index (κ2) is 7.69. The number of aryl methyl sites for hydroxylation is 1. The Hall–Kier alpha value is -1.74. The van der Waals surface area contributed by atoms with Crippen LogP contribution in [0.15, 0.2) is 30.5 Å². The number of nitrogens with zero attached hydrogens (tertiary/aromatic N) is 3. The summed E-state index contributed by atoms with van der Waals surface area (Å²) in [7, 11) is 2.14. The van der Waals surface area contributed by atoms with E-state index in [0.717, 1.165) is 24.5 Å². The molecule has 0 aliphatic heterocycles. The molecule has 0 spiro atoms. The lowest BCUT2D eigenvalue weighted by atomic mass is 10.0. The minimum atomic E-state index is 0.465. The topological polar surface area (TPSA) is 29.0 Å². The zero-order valence-electron chi connectivity index (χ0n) is 15.3. The Morgan fingerprint density at radius 1 is 1.00 bits per heavy atom. The number of hydrogen-bond donors (Lipinski definition) is 0. The summed E-state index contributed by atoms with van der Waals surface area (Å²) in [5.41, 5.74) is 6.10. The van der Waals surface area contributed by atoms with Crippen LogP contribution < -0.4 is 0 Å². The maximum absolute atomic E-state index is 4.85. The molecule has 2 rings (SSSR count). The fourth-order valence-corrected chi connectivity index (χ4v) is 2.81. The van der Waals surface area contributed by atoms with Crippen molar-refractivity contribution in [1.82, 2.24) is 14.9 Å². The first-order chi connectivity index (χ1) is 10.9. The van der Waals surface area contributed by atoms with E-state index in [2.05, 4.69) is 75.8 Å². The molecule has 2 aromatic heterocycles. The normalized spacial score (nSPS) is 11.7. The fraction of sp³-hybridized carbons (Fsp3) is 0.500. The van der Waals surface area contributed by atoms with E-state index >= 15 is 0 Å². The molecule has 0 aromatic carbocycles. The Balaban J connectivity index is 2.06. The summed E-state index contributed by atoms with van der Waals surface area (Å²) in [5.74, 6) is 0.932. The lowest BCUT2D eigenvalue weighted by Gasteiger charge is -2.18. The van der Waals surface area contributed by atoms with Gasteiger partial charge in [-0.2, -0.15) is 0 Å². The third kappa shape index (κ3) is 4.87. The van der Waals surface area contributed by atoms with Gasteiger partial charge < -0.3 is 0 Å². The van der Waals surface area contributed by atoms with Gasteiger partial charge in [-0.15, -0.1) is 0 Å². The molecule has 0 saturated heterocycles. The number of hydrogen-bond acceptors (Lipinski definition) is 3. The largest absolute Gasteiger partial charge is 0.296 e. The Morgan fingerprint density at radius 3 is 2.39 bits per heavy atom. The Kier molecular flexibility index (Phi) is 5.89. The molecular weight excluding hydrogens is 282 g/mol. The standard InChI is InChI=1S/C20H29N3/c1-14(2)19-11-17(9-10-21-19)12-23(6)13-18-8-7-16(5)20(22-18)15(3)4/h7-11,14-15H,12-13H2,1-6H3. The maximum atomic E-state index is 4.85. The van der Waals surface area contributed by atoms with Crippen LogP contribution in [0.5, 0.6) is 0 Å². The Morgan fingerprint density at radius 2 is 1.74 bits per heavy atom. The summed E-state index contributed by atoms with van der Waals surface area (Å²) in [6.45, 7) is 12.7. The smallest absolute Gasteiger partial charge is 0.0547 e. The first kappa shape index (κ1) is 17.6. The molecule has 0 aliphatic carbocycles. The second-order valence-corrected chi connectivity index (χ2v) is 7.08. The summed E-state index contributed by atoms with van der Waals surface area (Å²) in [6, 6.07) is 8.65. The van der Waals surface area contributed by atoms with Gasteiger partial charge in [-0.25, -0.2) is 0 Å². The monoisotopic (exact) mass is 311 g/mol. The lowest BCUT2D eigenvalue weighted by Crippen LogP contribution is -2.19. The predicted molar refractivity (Wildman–Crippen MR) is 96.6 cm³/mol. The molecule has 124 valence electrons. The minimum absolute atomic E-state index is 0.465. The highest BCUT2D eigenvalue weighted by Crippen LogP contribution is 2.18. The van der Waals surface area contributed by atoms with E-state index in [1.54, 1.807) is 0 Å². The van der Waals surface area contributed by atoms with Crippen molar-refractivity contribution in [3.63, 3.8) is 0 Å². The molecule has 0 aliphatic rings. The zero-order valence-corrected chi connectivity index (χ0v) is 15.3. The molecule has 0 unspecified atom stereocenters. The molecule has 0 bridgehead atoms. The van der Waals surface area contributed by atoms with Gasteiger partial charge in [0, 0.05) is 30.7 Å². The summed E-state index contributed by atoms with van der Waals surface area (Å²) < 4.78 is 0. The van der Waals surface area contributed by atoms with Crippen LogP contribution >= 0.6 is 0 Å². The van der Waals surface area contributed by atoms with Crippen molar-refractivity contribution in [2.75, 3.05) is 7.05 Å². The van der Waals surface area contributed by atoms with Gasteiger partial charge in [-0.05, 0) is 55.1 Å². The van der Waals surface area contributed by atoms with Crippen LogP contribution in [0, 0.1) is 6.92 Å². The van der Waals surface area contributed by atoms with Crippen molar-refractivity contribution >= 4 is 0 Å². The predicted octanol–water partition coefficient (Wildman–Crippen LogP) is 4.66. The molecule has 0 radical (unpaired) electrons. The van der Waals surface area contributed by atoms with Gasteiger partial charge in [0.15, 0.2) is 0 Å². The Bertz CT molecular complexity index is 647. The van der Waals surface area contributed by atoms with Crippen LogP contribution in [0.4, 0.5) is 0 Å². The molecule has 0 atom stereocenters. The molecule has 2 aromatic rings. The van der Waals surface area contributed by atoms with Gasteiger partial charge in [0.2, 0.25) is 0 Å². The number of rotatable bonds is 6. The van der Waals surface area contributed by atoms with E-state index in [1.165, 1.54) is 16.8 Å². The van der Waals surface area contributed by atoms with Gasteiger partial charge in [0.25, 0.3) is 0 Å². The van der Waals surface area contributed by atoms with E-state index in [0.29, 0.717) is 11.8 Å². The zero-order chi connectivity index (χ0) is 17.0. The van der Waals surface area contributed by atoms with Crippen LogP contribution in [0.3, 0.4) is 0 Å². The number of pyridine rings is 2. The van der Waals surface area contributed by atoms with Crippen molar-refractivity contribution in [2.45, 2.75) is 59.5 Å². The van der Waals surface area contributed by atoms with Crippen LogP contribution in [0.2, 0.25) is 0 Å². The molecule has 3 heteroatoms. The van der Waals surface area contributed by atoms with E-state index < -0.39 is 0 Å². The summed E-state index contributed by atoms with van der Waals surface area (Å²) in [5, 5.41) is 0. The summed E-state index contributed by atoms with van der Waals surface area (Å²) in [6.07, 6.45) is 1.92. The highest BCUT2D eigenvalue weighted by atomic mass is 15.1. The third-order valence-electron chi connectivity index (χ3n) is 4.06. The highest BCUT2D eigenvalue weighted by molar-refractivity contribution is 5.24. The molecule has 23 heavy (non-hydrogen) atoms. The van der Waals surface area contributed by atoms with Crippen molar-refractivity contribution < 1.29 is 0 Å². The molecule has 2 heterocycles. The minimum Gasteiger partial charge on any atom is -0.296 e. The first-order valence-electron chi connectivity index (χ1n) is 8.46. The van der Waals surface area contributed by atoms with E-state index in [4.69, 9.17) is 4.98 Å². The lowest BCUT2D eigenvalue weighted by molar-refractivity contribution is 0.314. The average molecular weight is 311 g/mol. The van der Waals surface area contributed by atoms with E-state index in [-0.39, 0.29) is 0 Å². The van der Waals surface area contributed by atoms with Crippen LogP contribution in [-0.2, 0) is 13.1 Å². The first-order valence-corrected chi connectivity index (χ1v) is 8.46. The fourth-order valence-electron chi connectivity index (χ4n) is 2.81. The van der Waals surface area contributed by atoms with Gasteiger partial charge in [0.05, 0.1) is 5.69 Å². The quantitative estimate of drug-likeness (QED) is 0.776. The van der Waals surface area contributed by atoms with Crippen molar-refractivity contribution in [3.05, 3.63) is 58.7 Å². The molecular formula is C20H29N3. The number of aromatic nitrogens is 2. The van der Waals surface area contributed by atoms with Gasteiger partial charge in [-0.1, -0.05) is 33.8 Å². The van der Waals surface area contributed by atoms with Gasteiger partial charge in [0.1, 0.15) is 0 Å². The van der Waals surface area contributed by atoms with Crippen LogP contribution in [-0.4, -0.2) is 21.9 Å². The third-order valence-corrected chi connectivity index (χ3v) is 4.06. The van der Waals surface area contributed by atoms with Crippen molar-refractivity contribution in [1.29, 1.82) is 0 Å². The SMILES string of the molecule is Cc1ccc(CN(C)Cc2ccnc(C(C)C)c2)nc1C(C)C.